The molecule has 0 aliphatic carbocycles. The maximum Gasteiger partial charge on any atom is 0.241 e. The zero-order valence-electron chi connectivity index (χ0n) is 10.2. The minimum absolute atomic E-state index is 0. The average Bonchev–Trinajstić information content (AvgIpc) is 2.56. The number of esters is 1. The Hall–Kier alpha value is -0.506. The van der Waals surface area contributed by atoms with Gasteiger partial charge >= 0.3 is 0 Å². The number of aliphatic hydroxyl groups is 1. The van der Waals surface area contributed by atoms with Crippen molar-refractivity contribution in [1.82, 2.24) is 0 Å². The van der Waals surface area contributed by atoms with Crippen LogP contribution in [-0.4, -0.2) is 16.9 Å². The van der Waals surface area contributed by atoms with Crippen LogP contribution in [0.5, 0.6) is 0 Å². The van der Waals surface area contributed by atoms with Crippen LogP contribution in [0.3, 0.4) is 0 Å². The van der Waals surface area contributed by atoms with Gasteiger partial charge < -0.3 is 9.84 Å². The van der Waals surface area contributed by atoms with Crippen LogP contribution in [0, 0.1) is 6.08 Å². The molecule has 0 saturated carbocycles. The van der Waals surface area contributed by atoms with E-state index in [2.05, 4.69) is 10.8 Å². The van der Waals surface area contributed by atoms with Gasteiger partial charge in [0.25, 0.3) is 0 Å². The van der Waals surface area contributed by atoms with Crippen molar-refractivity contribution >= 4 is 11.5 Å². The van der Waals surface area contributed by atoms with Gasteiger partial charge in [-0.05, 0) is 0 Å². The molecule has 0 spiro atoms. The molecular weight excluding hydrogens is 293 g/mol. The monoisotopic (exact) mass is 308 g/mol. The van der Waals surface area contributed by atoms with Crippen LogP contribution in [0.25, 0.3) is 5.57 Å². The van der Waals surface area contributed by atoms with E-state index in [1.807, 2.05) is 32.0 Å². The first-order valence-corrected chi connectivity index (χ1v) is 5.25. The fourth-order valence-electron chi connectivity index (χ4n) is 1.42. The summed E-state index contributed by atoms with van der Waals surface area (Å²) in [7, 11) is 0. The fourth-order valence-corrected chi connectivity index (χ4v) is 1.42. The van der Waals surface area contributed by atoms with Crippen molar-refractivity contribution in [3.63, 3.8) is 0 Å². The summed E-state index contributed by atoms with van der Waals surface area (Å²) >= 11 is 0. The van der Waals surface area contributed by atoms with Crippen molar-refractivity contribution in [2.45, 2.75) is 26.6 Å². The Morgan fingerprint density at radius 2 is 1.76 bits per heavy atom. The van der Waals surface area contributed by atoms with Gasteiger partial charge in [0.05, 0.1) is 0 Å². The Balaban J connectivity index is 0.000000811. The number of benzene rings is 1. The molecule has 0 fully saturated rings. The second kappa shape index (κ2) is 7.05. The summed E-state index contributed by atoms with van der Waals surface area (Å²) < 4.78 is 4.68. The van der Waals surface area contributed by atoms with E-state index in [1.54, 1.807) is 12.1 Å². The van der Waals surface area contributed by atoms with Crippen molar-refractivity contribution in [2.75, 3.05) is 0 Å². The molecule has 1 unspecified atom stereocenters. The van der Waals surface area contributed by atoms with Crippen molar-refractivity contribution in [2.24, 2.45) is 0 Å². The van der Waals surface area contributed by atoms with Gasteiger partial charge in [-0.25, -0.2) is 0 Å². The molecule has 1 aromatic rings. The minimum atomic E-state index is -1.56. The smallest absolute Gasteiger partial charge is 0.241 e. The van der Waals surface area contributed by atoms with Gasteiger partial charge in [-0.15, -0.1) is 23.8 Å². The average molecular weight is 308 g/mol. The number of rotatable bonds is 1. The number of hydrogen-bond donors (Lipinski definition) is 1. The number of cyclic esters (lactones) is 1. The van der Waals surface area contributed by atoms with Crippen molar-refractivity contribution < 1.29 is 47.3 Å². The maximum atomic E-state index is 10.9. The van der Waals surface area contributed by atoms with Gasteiger partial charge in [-0.1, -0.05) is 32.0 Å². The molecule has 0 saturated heterocycles. The van der Waals surface area contributed by atoms with Crippen LogP contribution < -0.4 is 0 Å². The summed E-state index contributed by atoms with van der Waals surface area (Å²) in [6.07, 6.45) is 2.47. The summed E-state index contributed by atoms with van der Waals surface area (Å²) in [6.45, 7) is 5.42. The van der Waals surface area contributed by atoms with Crippen LogP contribution in [0.2, 0.25) is 0 Å². The van der Waals surface area contributed by atoms with E-state index in [1.165, 1.54) is 6.92 Å². The van der Waals surface area contributed by atoms with Crippen LogP contribution >= 0.6 is 0 Å². The molecule has 1 radical (unpaired) electrons. The van der Waals surface area contributed by atoms with Gasteiger partial charge in [-0.3, -0.25) is 4.79 Å². The Bertz CT molecular complexity index is 396. The van der Waals surface area contributed by atoms with E-state index in [0.29, 0.717) is 5.57 Å². The molecule has 1 N–H and O–H groups in total. The number of carbonyl (C=O) groups excluding carboxylic acids is 1. The van der Waals surface area contributed by atoms with Gasteiger partial charge in [0.15, 0.2) is 0 Å². The van der Waals surface area contributed by atoms with Crippen LogP contribution in [-0.2, 0) is 42.2 Å². The van der Waals surface area contributed by atoms with Crippen molar-refractivity contribution in [1.29, 1.82) is 0 Å². The van der Waals surface area contributed by atoms with E-state index in [-0.39, 0.29) is 32.7 Å². The molecule has 17 heavy (non-hydrogen) atoms. The summed E-state index contributed by atoms with van der Waals surface area (Å²) in [6, 6.07) is 9.08. The molecule has 89 valence electrons. The third kappa shape index (κ3) is 4.02. The van der Waals surface area contributed by atoms with E-state index >= 15 is 0 Å². The fraction of sp³-hybridized carbons (Fsp3) is 0.308. The number of hydrogen-bond acceptors (Lipinski definition) is 3. The first-order valence-electron chi connectivity index (χ1n) is 5.25. The topological polar surface area (TPSA) is 46.5 Å². The van der Waals surface area contributed by atoms with E-state index in [4.69, 9.17) is 0 Å². The molecule has 1 aliphatic heterocycles. The third-order valence-electron chi connectivity index (χ3n) is 2.04. The minimum Gasteiger partial charge on any atom is -0.443 e. The molecule has 1 atom stereocenters. The van der Waals surface area contributed by atoms with Gasteiger partial charge in [0.1, 0.15) is 0 Å². The SMILES string of the molecule is CC.CC1(O)OC(=O)[C-]=C1c1ccccc1.[Y]. The van der Waals surface area contributed by atoms with Crippen molar-refractivity contribution in [3.05, 3.63) is 42.0 Å². The van der Waals surface area contributed by atoms with E-state index in [0.717, 1.165) is 5.56 Å². The summed E-state index contributed by atoms with van der Waals surface area (Å²) in [4.78, 5) is 10.9. The van der Waals surface area contributed by atoms with Crippen LogP contribution in [0.1, 0.15) is 26.3 Å². The summed E-state index contributed by atoms with van der Waals surface area (Å²) in [5, 5.41) is 9.74. The number of ether oxygens (including phenoxy) is 1. The normalized spacial score (nSPS) is 21.6. The Morgan fingerprint density at radius 3 is 2.18 bits per heavy atom. The van der Waals surface area contributed by atoms with Gasteiger partial charge in [0.2, 0.25) is 11.8 Å². The summed E-state index contributed by atoms with van der Waals surface area (Å²) in [5.74, 6) is -2.19. The van der Waals surface area contributed by atoms with E-state index < -0.39 is 11.8 Å². The second-order valence-corrected chi connectivity index (χ2v) is 3.24. The molecule has 0 bridgehead atoms. The Morgan fingerprint density at radius 1 is 1.24 bits per heavy atom. The standard InChI is InChI=1S/C11H9O3.C2H6.Y/c1-11(13)9(7-10(12)14-11)8-5-3-2-4-6-8;1-2;/h2-6,13H,1H3;1-2H3;/q-1;;. The second-order valence-electron chi connectivity index (χ2n) is 3.24. The first kappa shape index (κ1) is 16.5. The van der Waals surface area contributed by atoms with Gasteiger partial charge in [-0.2, -0.15) is 5.56 Å². The molecular formula is C13H15O3Y-. The first-order chi connectivity index (χ1) is 7.59. The molecule has 1 aliphatic rings. The predicted molar refractivity (Wildman–Crippen MR) is 61.2 cm³/mol. The van der Waals surface area contributed by atoms with Crippen LogP contribution in [0.4, 0.5) is 0 Å². The quantitative estimate of drug-likeness (QED) is 0.639. The Kier molecular flexibility index (Phi) is 6.84. The van der Waals surface area contributed by atoms with Crippen LogP contribution in [0.15, 0.2) is 30.3 Å². The molecule has 4 heteroatoms. The number of carbonyl (C=O) groups is 1. The Labute approximate surface area is 127 Å². The molecule has 1 heterocycles. The largest absolute Gasteiger partial charge is 0.443 e. The zero-order valence-corrected chi connectivity index (χ0v) is 13.1. The van der Waals surface area contributed by atoms with E-state index in [9.17, 15) is 9.90 Å². The zero-order chi connectivity index (χ0) is 12.2. The molecule has 0 amide bonds. The maximum absolute atomic E-state index is 10.9. The molecule has 1 aromatic carbocycles. The molecule has 3 nitrogen and oxygen atoms in total. The van der Waals surface area contributed by atoms with Gasteiger partial charge in [0, 0.05) is 39.6 Å². The molecule has 0 aromatic heterocycles. The third-order valence-corrected chi connectivity index (χ3v) is 2.04. The van der Waals surface area contributed by atoms with Crippen molar-refractivity contribution in [3.8, 4) is 0 Å². The predicted octanol–water partition coefficient (Wildman–Crippen LogP) is 2.16. The summed E-state index contributed by atoms with van der Waals surface area (Å²) in [5.41, 5.74) is 1.12. The molecule has 2 rings (SSSR count).